The number of hydrogen-bond donors (Lipinski definition) is 0. The highest BCUT2D eigenvalue weighted by atomic mass is 32.1. The van der Waals surface area contributed by atoms with Crippen molar-refractivity contribution in [2.45, 2.75) is 95.3 Å². The van der Waals surface area contributed by atoms with E-state index in [0.717, 1.165) is 43.2 Å². The van der Waals surface area contributed by atoms with E-state index in [-0.39, 0.29) is 18.2 Å². The molecule has 2 aromatic heterocycles. The second kappa shape index (κ2) is 10.1. The average Bonchev–Trinajstić information content (AvgIpc) is 3.37. The highest BCUT2D eigenvalue weighted by molar-refractivity contribution is 7.19. The van der Waals surface area contributed by atoms with Gasteiger partial charge in [0, 0.05) is 24.4 Å². The van der Waals surface area contributed by atoms with Crippen molar-refractivity contribution in [3.05, 3.63) is 16.8 Å². The molecule has 0 aromatic carbocycles. The molecule has 11 heteroatoms. The molecule has 1 fully saturated rings. The summed E-state index contributed by atoms with van der Waals surface area (Å²) in [5, 5.41) is 0.675. The number of amides is 1. The predicted octanol–water partition coefficient (Wildman–Crippen LogP) is 5.48. The van der Waals surface area contributed by atoms with Gasteiger partial charge in [-0.1, -0.05) is 0 Å². The zero-order valence-corrected chi connectivity index (χ0v) is 22.1. The number of thiophene rings is 1. The summed E-state index contributed by atoms with van der Waals surface area (Å²) in [5.41, 5.74) is 0.219. The Morgan fingerprint density at radius 3 is 2.47 bits per heavy atom. The molecule has 1 amide bonds. The molecule has 2 aromatic rings. The van der Waals surface area contributed by atoms with Crippen molar-refractivity contribution >= 4 is 33.6 Å². The molecule has 0 saturated heterocycles. The molecule has 0 radical (unpaired) electrons. The second-order valence-corrected chi connectivity index (χ2v) is 11.7. The van der Waals surface area contributed by atoms with Crippen molar-refractivity contribution in [2.24, 2.45) is 0 Å². The number of aryl methyl sites for hydroxylation is 1. The van der Waals surface area contributed by atoms with Crippen molar-refractivity contribution in [3.63, 3.8) is 0 Å². The summed E-state index contributed by atoms with van der Waals surface area (Å²) in [7, 11) is 2.73. The van der Waals surface area contributed by atoms with Crippen LogP contribution in [-0.4, -0.2) is 64.8 Å². The second-order valence-electron chi connectivity index (χ2n) is 10.6. The smallest absolute Gasteiger partial charge is 0.410 e. The Hall–Kier alpha value is -2.56. The van der Waals surface area contributed by atoms with Gasteiger partial charge in [-0.05, 0) is 70.8 Å². The van der Waals surface area contributed by atoms with E-state index in [0.29, 0.717) is 28.9 Å². The highest BCUT2D eigenvalue weighted by Gasteiger charge is 2.45. The summed E-state index contributed by atoms with van der Waals surface area (Å²) in [6.07, 6.45) is 4.50. The molecule has 1 atom stereocenters. The summed E-state index contributed by atoms with van der Waals surface area (Å²) >= 11 is 1.47. The Labute approximate surface area is 213 Å². The van der Waals surface area contributed by atoms with Crippen LogP contribution in [0.25, 0.3) is 10.2 Å². The van der Waals surface area contributed by atoms with Crippen LogP contribution in [0.5, 0.6) is 5.88 Å². The molecule has 36 heavy (non-hydrogen) atoms. The van der Waals surface area contributed by atoms with E-state index in [1.807, 2.05) is 20.8 Å². The van der Waals surface area contributed by atoms with Crippen LogP contribution in [0.4, 0.5) is 13.6 Å². The standard InChI is InChI=1S/C25H33F2N3O5S/c1-24(2,3)35-23(32)30(4)15-7-9-16(10-8-15)34-20-19-18-14(12-25(26,27)22(31)33-5)6-11-17(18)36-21(19)29-13-28-20/h13-16H,6-12H2,1-5H3/t14-,15?,16?/m1/s1. The van der Waals surface area contributed by atoms with Crippen LogP contribution in [0.2, 0.25) is 0 Å². The van der Waals surface area contributed by atoms with Gasteiger partial charge in [-0.3, -0.25) is 0 Å². The van der Waals surface area contributed by atoms with E-state index >= 15 is 0 Å². The number of nitrogens with zero attached hydrogens (tertiary/aromatic N) is 3. The molecule has 2 heterocycles. The van der Waals surface area contributed by atoms with Gasteiger partial charge in [-0.15, -0.1) is 11.3 Å². The van der Waals surface area contributed by atoms with E-state index < -0.39 is 29.8 Å². The number of methoxy groups -OCH3 is 1. The van der Waals surface area contributed by atoms with Gasteiger partial charge < -0.3 is 19.1 Å². The van der Waals surface area contributed by atoms with Crippen LogP contribution in [0, 0.1) is 0 Å². The molecular weight excluding hydrogens is 492 g/mol. The third kappa shape index (κ3) is 5.55. The van der Waals surface area contributed by atoms with Gasteiger partial charge in [0.15, 0.2) is 0 Å². The van der Waals surface area contributed by atoms with Gasteiger partial charge in [0.25, 0.3) is 0 Å². The lowest BCUT2D eigenvalue weighted by molar-refractivity contribution is -0.170. The number of halogens is 2. The molecule has 2 aliphatic rings. The molecule has 198 valence electrons. The number of esters is 1. The van der Waals surface area contributed by atoms with Crippen LogP contribution in [0.15, 0.2) is 6.33 Å². The highest BCUT2D eigenvalue weighted by Crippen LogP contribution is 2.49. The van der Waals surface area contributed by atoms with Gasteiger partial charge in [0.2, 0.25) is 5.88 Å². The largest absolute Gasteiger partial charge is 0.474 e. The number of rotatable bonds is 6. The van der Waals surface area contributed by atoms with Gasteiger partial charge >= 0.3 is 18.0 Å². The molecule has 0 aliphatic heterocycles. The molecule has 4 rings (SSSR count). The molecular formula is C25H33F2N3O5S. The molecule has 2 aliphatic carbocycles. The first kappa shape index (κ1) is 26.5. The molecule has 0 unspecified atom stereocenters. The lowest BCUT2D eigenvalue weighted by Gasteiger charge is -2.35. The first-order chi connectivity index (χ1) is 16.9. The fourth-order valence-corrected chi connectivity index (χ4v) is 6.30. The number of ether oxygens (including phenoxy) is 3. The summed E-state index contributed by atoms with van der Waals surface area (Å²) < 4.78 is 44.9. The third-order valence-corrected chi connectivity index (χ3v) is 8.01. The van der Waals surface area contributed by atoms with E-state index in [9.17, 15) is 18.4 Å². The number of alkyl halides is 2. The average molecular weight is 526 g/mol. The Morgan fingerprint density at radius 1 is 1.14 bits per heavy atom. The monoisotopic (exact) mass is 525 g/mol. The first-order valence-corrected chi connectivity index (χ1v) is 13.1. The van der Waals surface area contributed by atoms with E-state index in [1.165, 1.54) is 17.7 Å². The van der Waals surface area contributed by atoms with Crippen molar-refractivity contribution in [2.75, 3.05) is 14.2 Å². The van der Waals surface area contributed by atoms with Gasteiger partial charge in [-0.2, -0.15) is 8.78 Å². The summed E-state index contributed by atoms with van der Waals surface area (Å²) in [4.78, 5) is 36.1. The summed E-state index contributed by atoms with van der Waals surface area (Å²) in [6, 6.07) is 0.0560. The molecule has 8 nitrogen and oxygen atoms in total. The normalized spacial score (nSPS) is 22.2. The van der Waals surface area contributed by atoms with Gasteiger partial charge in [0.1, 0.15) is 22.9 Å². The third-order valence-electron chi connectivity index (χ3n) is 6.83. The van der Waals surface area contributed by atoms with E-state index in [1.54, 1.807) is 11.9 Å². The SMILES string of the molecule is COC(=O)C(F)(F)C[C@H]1CCc2sc3ncnc(OC4CCC(N(C)C(=O)OC(C)(C)C)CC4)c3c21. The zero-order chi connectivity index (χ0) is 26.3. The fraction of sp³-hybridized carbons (Fsp3) is 0.680. The van der Waals surface area contributed by atoms with Crippen molar-refractivity contribution in [3.8, 4) is 5.88 Å². The van der Waals surface area contributed by atoms with Crippen molar-refractivity contribution in [1.82, 2.24) is 14.9 Å². The maximum atomic E-state index is 14.4. The minimum atomic E-state index is -3.56. The topological polar surface area (TPSA) is 90.9 Å². The number of aromatic nitrogens is 2. The van der Waals surface area contributed by atoms with Crippen LogP contribution >= 0.6 is 11.3 Å². The molecule has 1 saturated carbocycles. The molecule has 0 bridgehead atoms. The summed E-state index contributed by atoms with van der Waals surface area (Å²) in [6.45, 7) is 5.52. The van der Waals surface area contributed by atoms with E-state index in [2.05, 4.69) is 14.7 Å². The quantitative estimate of drug-likeness (QED) is 0.462. The minimum Gasteiger partial charge on any atom is -0.474 e. The predicted molar refractivity (Wildman–Crippen MR) is 131 cm³/mol. The van der Waals surface area contributed by atoms with Crippen molar-refractivity contribution in [1.29, 1.82) is 0 Å². The lowest BCUT2D eigenvalue weighted by atomic mass is 9.92. The number of hydrogen-bond acceptors (Lipinski definition) is 8. The van der Waals surface area contributed by atoms with Crippen LogP contribution < -0.4 is 4.74 Å². The Balaban J connectivity index is 1.47. The number of carbonyl (C=O) groups excluding carboxylic acids is 2. The van der Waals surface area contributed by atoms with Gasteiger partial charge in [-0.25, -0.2) is 19.6 Å². The minimum absolute atomic E-state index is 0.0560. The molecule has 0 N–H and O–H groups in total. The van der Waals surface area contributed by atoms with Crippen molar-refractivity contribution < 1.29 is 32.6 Å². The van der Waals surface area contributed by atoms with E-state index in [4.69, 9.17) is 9.47 Å². The van der Waals surface area contributed by atoms with Crippen LogP contribution in [0.1, 0.15) is 75.7 Å². The number of carbonyl (C=O) groups is 2. The number of fused-ring (bicyclic) bond motifs is 3. The van der Waals surface area contributed by atoms with Crippen LogP contribution in [0.3, 0.4) is 0 Å². The Kier molecular flexibility index (Phi) is 7.41. The lowest BCUT2D eigenvalue weighted by Crippen LogP contribution is -2.43. The fourth-order valence-electron chi connectivity index (χ4n) is 5.07. The Bertz CT molecular complexity index is 1120. The summed E-state index contributed by atoms with van der Waals surface area (Å²) in [5.74, 6) is -5.19. The maximum Gasteiger partial charge on any atom is 0.410 e. The first-order valence-electron chi connectivity index (χ1n) is 12.2. The zero-order valence-electron chi connectivity index (χ0n) is 21.3. The van der Waals surface area contributed by atoms with Gasteiger partial charge in [0.05, 0.1) is 12.5 Å². The molecule has 0 spiro atoms. The maximum absolute atomic E-state index is 14.4. The van der Waals surface area contributed by atoms with Crippen LogP contribution in [-0.2, 0) is 20.7 Å². The Morgan fingerprint density at radius 2 is 1.83 bits per heavy atom.